The molecular weight excluding hydrogens is 424 g/mol. The number of nitrogens with one attached hydrogen (secondary N) is 2. The summed E-state index contributed by atoms with van der Waals surface area (Å²) in [5, 5.41) is 10.9. The van der Waals surface area contributed by atoms with Crippen molar-refractivity contribution in [2.24, 2.45) is 0 Å². The van der Waals surface area contributed by atoms with Gasteiger partial charge in [0.15, 0.2) is 5.82 Å². The predicted molar refractivity (Wildman–Crippen MR) is 105 cm³/mol. The highest BCUT2D eigenvalue weighted by atomic mass is 79.9. The highest BCUT2D eigenvalue weighted by Gasteiger charge is 2.11. The molecule has 0 bridgehead atoms. The van der Waals surface area contributed by atoms with E-state index in [0.29, 0.717) is 16.0 Å². The highest BCUT2D eigenvalue weighted by molar-refractivity contribution is 9.10. The second kappa shape index (κ2) is 8.03. The van der Waals surface area contributed by atoms with Crippen LogP contribution >= 0.6 is 39.3 Å². The summed E-state index contributed by atoms with van der Waals surface area (Å²) in [6.45, 7) is 1.99. The fourth-order valence-electron chi connectivity index (χ4n) is 2.08. The van der Waals surface area contributed by atoms with E-state index in [1.54, 1.807) is 6.07 Å². The Hall–Kier alpha value is -1.83. The van der Waals surface area contributed by atoms with Crippen LogP contribution in [0.3, 0.4) is 0 Å². The number of H-pyrrole nitrogens is 1. The van der Waals surface area contributed by atoms with Crippen LogP contribution in [0.25, 0.3) is 11.4 Å². The number of carbonyl (C=O) groups excluding carboxylic acids is 1. The molecule has 0 aliphatic carbocycles. The number of hydrogen-bond acceptors (Lipinski definition) is 4. The molecule has 128 valence electrons. The van der Waals surface area contributed by atoms with E-state index >= 15 is 0 Å². The quantitative estimate of drug-likeness (QED) is 0.555. The Bertz CT molecular complexity index is 915. The first-order valence-electron chi connectivity index (χ1n) is 7.39. The van der Waals surface area contributed by atoms with Gasteiger partial charge in [-0.3, -0.25) is 9.89 Å². The molecule has 3 rings (SSSR count). The molecule has 2 aromatic carbocycles. The predicted octanol–water partition coefficient (Wildman–Crippen LogP) is 4.93. The molecule has 0 spiro atoms. The zero-order valence-corrected chi connectivity index (χ0v) is 16.4. The van der Waals surface area contributed by atoms with Crippen LogP contribution in [-0.4, -0.2) is 26.8 Å². The minimum atomic E-state index is -0.121. The molecule has 0 aliphatic heterocycles. The Labute approximate surface area is 162 Å². The maximum Gasteiger partial charge on any atom is 0.234 e. The first kappa shape index (κ1) is 18.0. The van der Waals surface area contributed by atoms with Crippen molar-refractivity contribution >= 4 is 50.9 Å². The Balaban J connectivity index is 1.59. The minimum absolute atomic E-state index is 0.121. The molecule has 2 N–H and O–H groups in total. The summed E-state index contributed by atoms with van der Waals surface area (Å²) in [7, 11) is 0. The lowest BCUT2D eigenvalue weighted by molar-refractivity contribution is -0.113. The van der Waals surface area contributed by atoms with Crippen LogP contribution in [0, 0.1) is 6.92 Å². The van der Waals surface area contributed by atoms with Crippen molar-refractivity contribution in [1.29, 1.82) is 0 Å². The number of nitrogens with zero attached hydrogens (tertiary/aromatic N) is 2. The summed E-state index contributed by atoms with van der Waals surface area (Å²) >= 11 is 10.9. The normalized spacial score (nSPS) is 10.7. The van der Waals surface area contributed by atoms with E-state index in [1.165, 1.54) is 11.8 Å². The summed E-state index contributed by atoms with van der Waals surface area (Å²) in [6, 6.07) is 13.1. The molecule has 0 saturated heterocycles. The monoisotopic (exact) mass is 436 g/mol. The van der Waals surface area contributed by atoms with E-state index in [2.05, 4.69) is 36.4 Å². The lowest BCUT2D eigenvalue weighted by Crippen LogP contribution is -2.14. The Kier molecular flexibility index (Phi) is 5.78. The molecule has 0 fully saturated rings. The zero-order valence-electron chi connectivity index (χ0n) is 13.2. The van der Waals surface area contributed by atoms with Crippen LogP contribution in [0.1, 0.15) is 5.56 Å². The lowest BCUT2D eigenvalue weighted by atomic mass is 10.2. The van der Waals surface area contributed by atoms with Gasteiger partial charge in [-0.15, -0.1) is 5.10 Å². The molecule has 1 heterocycles. The first-order chi connectivity index (χ1) is 12.0. The van der Waals surface area contributed by atoms with Gasteiger partial charge >= 0.3 is 0 Å². The number of aromatic amines is 1. The van der Waals surface area contributed by atoms with Gasteiger partial charge in [0.25, 0.3) is 0 Å². The summed E-state index contributed by atoms with van der Waals surface area (Å²) in [4.78, 5) is 16.4. The molecule has 0 atom stereocenters. The standard InChI is InChI=1S/C17H14BrClN4OS/c1-10-6-7-11(8-13(10)18)20-15(24)9-25-17-21-16(22-23-17)12-4-2-3-5-14(12)19/h2-8H,9H2,1H3,(H,20,24)(H,21,22,23). The Morgan fingerprint density at radius 1 is 1.32 bits per heavy atom. The van der Waals surface area contributed by atoms with Crippen molar-refractivity contribution in [2.45, 2.75) is 12.1 Å². The molecule has 0 unspecified atom stereocenters. The minimum Gasteiger partial charge on any atom is -0.325 e. The third-order valence-electron chi connectivity index (χ3n) is 3.38. The third-order valence-corrected chi connectivity index (χ3v) is 5.41. The summed E-state index contributed by atoms with van der Waals surface area (Å²) < 4.78 is 0.955. The lowest BCUT2D eigenvalue weighted by Gasteiger charge is -2.06. The smallest absolute Gasteiger partial charge is 0.234 e. The number of rotatable bonds is 5. The van der Waals surface area contributed by atoms with Crippen LogP contribution in [0.4, 0.5) is 5.69 Å². The molecule has 0 aliphatic rings. The van der Waals surface area contributed by atoms with Crippen LogP contribution in [0.15, 0.2) is 52.1 Å². The van der Waals surface area contributed by atoms with Crippen molar-refractivity contribution < 1.29 is 4.79 Å². The first-order valence-corrected chi connectivity index (χ1v) is 9.54. The topological polar surface area (TPSA) is 70.7 Å². The van der Waals surface area contributed by atoms with E-state index in [4.69, 9.17) is 11.6 Å². The van der Waals surface area contributed by atoms with Crippen molar-refractivity contribution in [2.75, 3.05) is 11.1 Å². The van der Waals surface area contributed by atoms with Crippen molar-refractivity contribution in [3.8, 4) is 11.4 Å². The highest BCUT2D eigenvalue weighted by Crippen LogP contribution is 2.26. The number of hydrogen-bond donors (Lipinski definition) is 2. The maximum absolute atomic E-state index is 12.1. The molecule has 0 radical (unpaired) electrons. The molecule has 8 heteroatoms. The van der Waals surface area contributed by atoms with E-state index in [-0.39, 0.29) is 11.7 Å². The van der Waals surface area contributed by atoms with E-state index in [9.17, 15) is 4.79 Å². The van der Waals surface area contributed by atoms with Gasteiger partial charge in [-0.25, -0.2) is 4.98 Å². The fraction of sp³-hybridized carbons (Fsp3) is 0.118. The van der Waals surface area contributed by atoms with Crippen LogP contribution in [-0.2, 0) is 4.79 Å². The van der Waals surface area contributed by atoms with Gasteiger partial charge < -0.3 is 5.32 Å². The largest absolute Gasteiger partial charge is 0.325 e. The zero-order chi connectivity index (χ0) is 17.8. The number of halogens is 2. The molecule has 25 heavy (non-hydrogen) atoms. The summed E-state index contributed by atoms with van der Waals surface area (Å²) in [5.41, 5.74) is 2.63. The van der Waals surface area contributed by atoms with Gasteiger partial charge in [0.1, 0.15) is 0 Å². The molecular formula is C17H14BrClN4OS. The van der Waals surface area contributed by atoms with Gasteiger partial charge in [0, 0.05) is 15.7 Å². The Morgan fingerprint density at radius 2 is 2.12 bits per heavy atom. The van der Waals surface area contributed by atoms with Gasteiger partial charge in [0.05, 0.1) is 10.8 Å². The SMILES string of the molecule is Cc1ccc(NC(=O)CSc2n[nH]c(-c3ccccc3Cl)n2)cc1Br. The number of amides is 1. The van der Waals surface area contributed by atoms with Crippen molar-refractivity contribution in [1.82, 2.24) is 15.2 Å². The number of aryl methyl sites for hydroxylation is 1. The molecule has 5 nitrogen and oxygen atoms in total. The number of anilines is 1. The van der Waals surface area contributed by atoms with Crippen molar-refractivity contribution in [3.63, 3.8) is 0 Å². The summed E-state index contributed by atoms with van der Waals surface area (Å²) in [5.74, 6) is 0.673. The molecule has 1 aromatic heterocycles. The van der Waals surface area contributed by atoms with E-state index in [0.717, 1.165) is 21.3 Å². The number of carbonyl (C=O) groups is 1. The Morgan fingerprint density at radius 3 is 2.88 bits per heavy atom. The van der Waals surface area contributed by atoms with Gasteiger partial charge in [-0.05, 0) is 36.8 Å². The average molecular weight is 438 g/mol. The van der Waals surface area contributed by atoms with Crippen LogP contribution in [0.2, 0.25) is 5.02 Å². The third kappa shape index (κ3) is 4.62. The van der Waals surface area contributed by atoms with Crippen LogP contribution in [0.5, 0.6) is 0 Å². The molecule has 3 aromatic rings. The van der Waals surface area contributed by atoms with Crippen LogP contribution < -0.4 is 5.32 Å². The maximum atomic E-state index is 12.1. The van der Waals surface area contributed by atoms with Gasteiger partial charge in [-0.2, -0.15) is 0 Å². The molecule has 0 saturated carbocycles. The van der Waals surface area contributed by atoms with Gasteiger partial charge in [-0.1, -0.05) is 57.5 Å². The van der Waals surface area contributed by atoms with Gasteiger partial charge in [0.2, 0.25) is 11.1 Å². The second-order valence-corrected chi connectivity index (χ2v) is 7.45. The average Bonchev–Trinajstić information content (AvgIpc) is 3.05. The van der Waals surface area contributed by atoms with E-state index < -0.39 is 0 Å². The number of thioether (sulfide) groups is 1. The summed E-state index contributed by atoms with van der Waals surface area (Å²) in [6.07, 6.45) is 0. The molecule has 1 amide bonds. The van der Waals surface area contributed by atoms with Crippen molar-refractivity contribution in [3.05, 3.63) is 57.5 Å². The fourth-order valence-corrected chi connectivity index (χ4v) is 3.28. The number of benzene rings is 2. The van der Waals surface area contributed by atoms with E-state index in [1.807, 2.05) is 43.3 Å². The second-order valence-electron chi connectivity index (χ2n) is 5.25. The number of aromatic nitrogens is 3.